The van der Waals surface area contributed by atoms with E-state index < -0.39 is 35.5 Å². The van der Waals surface area contributed by atoms with Crippen LogP contribution >= 0.6 is 0 Å². The van der Waals surface area contributed by atoms with Gasteiger partial charge >= 0.3 is 12.1 Å². The predicted molar refractivity (Wildman–Crippen MR) is 70.6 cm³/mol. The van der Waals surface area contributed by atoms with Crippen molar-refractivity contribution in [1.82, 2.24) is 9.96 Å². The average molecular weight is 300 g/mol. The molecular formula is C13H20N2O6. The van der Waals surface area contributed by atoms with Crippen molar-refractivity contribution < 1.29 is 28.8 Å². The lowest BCUT2D eigenvalue weighted by Crippen LogP contribution is -2.46. The van der Waals surface area contributed by atoms with Crippen LogP contribution in [0.3, 0.4) is 0 Å². The van der Waals surface area contributed by atoms with Gasteiger partial charge in [0.25, 0.3) is 11.8 Å². The number of hydroxylamine groups is 2. The smallest absolute Gasteiger partial charge is 0.410 e. The van der Waals surface area contributed by atoms with Crippen LogP contribution in [0.25, 0.3) is 0 Å². The van der Waals surface area contributed by atoms with Crippen molar-refractivity contribution in [1.29, 1.82) is 0 Å². The summed E-state index contributed by atoms with van der Waals surface area (Å²) in [5.74, 6) is -2.02. The van der Waals surface area contributed by atoms with Gasteiger partial charge in [0.1, 0.15) is 11.6 Å². The van der Waals surface area contributed by atoms with Gasteiger partial charge in [0.2, 0.25) is 0 Å². The number of rotatable bonds is 3. The van der Waals surface area contributed by atoms with E-state index in [-0.39, 0.29) is 12.8 Å². The molecule has 1 atom stereocenters. The van der Waals surface area contributed by atoms with Crippen molar-refractivity contribution in [2.75, 3.05) is 7.05 Å². The van der Waals surface area contributed by atoms with E-state index in [1.54, 1.807) is 20.8 Å². The van der Waals surface area contributed by atoms with Gasteiger partial charge in [0.15, 0.2) is 0 Å². The number of hydrogen-bond acceptors (Lipinski definition) is 6. The van der Waals surface area contributed by atoms with Gasteiger partial charge in [0, 0.05) is 19.9 Å². The van der Waals surface area contributed by atoms with Gasteiger partial charge in [-0.05, 0) is 27.7 Å². The third-order valence-electron chi connectivity index (χ3n) is 2.79. The summed E-state index contributed by atoms with van der Waals surface area (Å²) in [5.41, 5.74) is -0.699. The molecule has 0 aromatic carbocycles. The lowest BCUT2D eigenvalue weighted by atomic mass is 10.2. The molecule has 8 heteroatoms. The van der Waals surface area contributed by atoms with Crippen LogP contribution < -0.4 is 0 Å². The number of likely N-dealkylation sites (N-methyl/N-ethyl adjacent to an activating group) is 1. The zero-order valence-corrected chi connectivity index (χ0v) is 12.8. The second-order valence-corrected chi connectivity index (χ2v) is 5.76. The predicted octanol–water partition coefficient (Wildman–Crippen LogP) is 0.849. The third-order valence-corrected chi connectivity index (χ3v) is 2.79. The van der Waals surface area contributed by atoms with Crippen molar-refractivity contribution in [3.63, 3.8) is 0 Å². The number of hydrogen-bond donors (Lipinski definition) is 0. The summed E-state index contributed by atoms with van der Waals surface area (Å²) in [6.45, 7) is 6.51. The van der Waals surface area contributed by atoms with E-state index in [4.69, 9.17) is 9.57 Å². The number of imide groups is 1. The van der Waals surface area contributed by atoms with Crippen LogP contribution in [0.5, 0.6) is 0 Å². The molecule has 0 aliphatic carbocycles. The maximum atomic E-state index is 11.9. The van der Waals surface area contributed by atoms with Crippen LogP contribution in [-0.2, 0) is 24.0 Å². The monoisotopic (exact) mass is 300 g/mol. The van der Waals surface area contributed by atoms with Crippen LogP contribution in [0.2, 0.25) is 0 Å². The molecule has 1 fully saturated rings. The van der Waals surface area contributed by atoms with Crippen LogP contribution in [0.1, 0.15) is 40.5 Å². The Morgan fingerprint density at radius 1 is 1.19 bits per heavy atom. The van der Waals surface area contributed by atoms with E-state index in [2.05, 4.69) is 0 Å². The Morgan fingerprint density at radius 3 is 2.10 bits per heavy atom. The Hall–Kier alpha value is -2.12. The molecule has 0 aromatic heterocycles. The van der Waals surface area contributed by atoms with Crippen molar-refractivity contribution in [3.8, 4) is 0 Å². The summed E-state index contributed by atoms with van der Waals surface area (Å²) >= 11 is 0. The number of nitrogens with zero attached hydrogens (tertiary/aromatic N) is 2. The molecule has 1 aliphatic rings. The van der Waals surface area contributed by atoms with Crippen LogP contribution in [0.15, 0.2) is 0 Å². The molecule has 8 nitrogen and oxygen atoms in total. The van der Waals surface area contributed by atoms with Gasteiger partial charge in [0.05, 0.1) is 0 Å². The second-order valence-electron chi connectivity index (χ2n) is 5.76. The first-order chi connectivity index (χ1) is 9.53. The first kappa shape index (κ1) is 16.9. The Labute approximate surface area is 122 Å². The van der Waals surface area contributed by atoms with Crippen molar-refractivity contribution >= 4 is 23.9 Å². The largest absolute Gasteiger partial charge is 0.444 e. The highest BCUT2D eigenvalue weighted by molar-refractivity contribution is 6.01. The maximum absolute atomic E-state index is 11.9. The first-order valence-corrected chi connectivity index (χ1v) is 6.56. The number of ether oxygens (including phenoxy) is 1. The molecule has 1 heterocycles. The molecule has 0 radical (unpaired) electrons. The molecule has 1 saturated heterocycles. The maximum Gasteiger partial charge on any atom is 0.410 e. The molecule has 0 spiro atoms. The SMILES string of the molecule is C[C@H](C(=O)ON1C(=O)CCC1=O)N(C)C(=O)OC(C)(C)C. The van der Waals surface area contributed by atoms with Gasteiger partial charge in [-0.3, -0.25) is 14.5 Å². The highest BCUT2D eigenvalue weighted by Crippen LogP contribution is 2.15. The molecule has 118 valence electrons. The fraction of sp³-hybridized carbons (Fsp3) is 0.692. The van der Waals surface area contributed by atoms with E-state index in [9.17, 15) is 19.2 Å². The van der Waals surface area contributed by atoms with E-state index in [0.717, 1.165) is 4.90 Å². The van der Waals surface area contributed by atoms with Gasteiger partial charge in [-0.2, -0.15) is 0 Å². The molecule has 0 saturated carbocycles. The quantitative estimate of drug-likeness (QED) is 0.717. The first-order valence-electron chi connectivity index (χ1n) is 6.56. The minimum absolute atomic E-state index is 0.0163. The summed E-state index contributed by atoms with van der Waals surface area (Å²) in [5, 5.41) is 0.446. The number of carbonyl (C=O) groups is 4. The summed E-state index contributed by atoms with van der Waals surface area (Å²) in [6.07, 6.45) is -0.670. The average Bonchev–Trinajstić information content (AvgIpc) is 2.66. The standard InChI is InChI=1S/C13H20N2O6/c1-8(14(5)12(19)20-13(2,3)4)11(18)21-15-9(16)6-7-10(15)17/h8H,6-7H2,1-5H3/t8-/m1/s1. The molecule has 0 aromatic rings. The number of carbonyl (C=O) groups excluding carboxylic acids is 4. The minimum Gasteiger partial charge on any atom is -0.444 e. The summed E-state index contributed by atoms with van der Waals surface area (Å²) in [6, 6.07) is -0.999. The fourth-order valence-electron chi connectivity index (χ4n) is 1.47. The lowest BCUT2D eigenvalue weighted by Gasteiger charge is -2.28. The Balaban J connectivity index is 2.63. The lowest BCUT2D eigenvalue weighted by molar-refractivity contribution is -0.200. The third kappa shape index (κ3) is 4.44. The minimum atomic E-state index is -0.999. The Kier molecular flexibility index (Phi) is 4.93. The Bertz CT molecular complexity index is 452. The van der Waals surface area contributed by atoms with E-state index >= 15 is 0 Å². The van der Waals surface area contributed by atoms with E-state index in [1.165, 1.54) is 14.0 Å². The van der Waals surface area contributed by atoms with Crippen molar-refractivity contribution in [2.24, 2.45) is 0 Å². The molecule has 0 N–H and O–H groups in total. The highest BCUT2D eigenvalue weighted by atomic mass is 16.7. The molecule has 1 rings (SSSR count). The van der Waals surface area contributed by atoms with Crippen molar-refractivity contribution in [2.45, 2.75) is 52.2 Å². The topological polar surface area (TPSA) is 93.2 Å². The zero-order chi connectivity index (χ0) is 16.4. The fourth-order valence-corrected chi connectivity index (χ4v) is 1.47. The molecular weight excluding hydrogens is 280 g/mol. The molecule has 0 unspecified atom stereocenters. The van der Waals surface area contributed by atoms with E-state index in [0.29, 0.717) is 5.06 Å². The van der Waals surface area contributed by atoms with E-state index in [1.807, 2.05) is 0 Å². The van der Waals surface area contributed by atoms with Gasteiger partial charge in [-0.1, -0.05) is 0 Å². The number of amides is 3. The Morgan fingerprint density at radius 2 is 1.67 bits per heavy atom. The van der Waals surface area contributed by atoms with Gasteiger partial charge < -0.3 is 9.57 Å². The van der Waals surface area contributed by atoms with Crippen LogP contribution in [0, 0.1) is 0 Å². The summed E-state index contributed by atoms with van der Waals surface area (Å²) in [4.78, 5) is 52.2. The molecule has 1 aliphatic heterocycles. The summed E-state index contributed by atoms with van der Waals surface area (Å²) < 4.78 is 5.11. The van der Waals surface area contributed by atoms with Crippen LogP contribution in [0.4, 0.5) is 4.79 Å². The zero-order valence-electron chi connectivity index (χ0n) is 12.8. The van der Waals surface area contributed by atoms with Crippen molar-refractivity contribution in [3.05, 3.63) is 0 Å². The normalized spacial score (nSPS) is 16.7. The second kappa shape index (κ2) is 6.11. The van der Waals surface area contributed by atoms with Gasteiger partial charge in [-0.15, -0.1) is 5.06 Å². The molecule has 21 heavy (non-hydrogen) atoms. The summed E-state index contributed by atoms with van der Waals surface area (Å²) in [7, 11) is 1.37. The van der Waals surface area contributed by atoms with Crippen LogP contribution in [-0.4, -0.2) is 52.5 Å². The molecule has 0 bridgehead atoms. The van der Waals surface area contributed by atoms with Gasteiger partial charge in [-0.25, -0.2) is 9.59 Å². The molecule has 3 amide bonds. The highest BCUT2D eigenvalue weighted by Gasteiger charge is 2.36.